The van der Waals surface area contributed by atoms with Crippen molar-refractivity contribution in [2.45, 2.75) is 26.1 Å². The van der Waals surface area contributed by atoms with Crippen LogP contribution >= 0.6 is 11.6 Å². The zero-order valence-corrected chi connectivity index (χ0v) is 19.3. The lowest BCUT2D eigenvalue weighted by atomic mass is 10.00. The third kappa shape index (κ3) is 4.16. The van der Waals surface area contributed by atoms with Crippen LogP contribution in [0.2, 0.25) is 5.02 Å². The summed E-state index contributed by atoms with van der Waals surface area (Å²) in [6, 6.07) is 17.6. The largest absolute Gasteiger partial charge is 0.372 e. The van der Waals surface area contributed by atoms with Gasteiger partial charge in [-0.25, -0.2) is 9.83 Å². The minimum absolute atomic E-state index is 0.182. The number of rotatable bonds is 3. The van der Waals surface area contributed by atoms with Gasteiger partial charge in [-0.3, -0.25) is 4.98 Å². The Morgan fingerprint density at radius 3 is 2.30 bits per heavy atom. The van der Waals surface area contributed by atoms with E-state index in [-0.39, 0.29) is 12.2 Å². The number of ether oxygens (including phenoxy) is 1. The Morgan fingerprint density at radius 2 is 1.64 bits per heavy atom. The summed E-state index contributed by atoms with van der Waals surface area (Å²) in [6.07, 6.45) is 4.04. The Labute approximate surface area is 198 Å². The number of anilines is 1. The molecular formula is C27H23ClN4O. The van der Waals surface area contributed by atoms with Crippen molar-refractivity contribution in [2.24, 2.45) is 0 Å². The Kier molecular flexibility index (Phi) is 5.72. The number of fused-ring (bicyclic) bond motifs is 1. The minimum Gasteiger partial charge on any atom is -0.372 e. The average Bonchev–Trinajstić information content (AvgIpc) is 2.84. The van der Waals surface area contributed by atoms with Gasteiger partial charge in [0.05, 0.1) is 29.3 Å². The average molecular weight is 455 g/mol. The van der Waals surface area contributed by atoms with Gasteiger partial charge in [0, 0.05) is 47.6 Å². The van der Waals surface area contributed by atoms with Gasteiger partial charge in [0.2, 0.25) is 0 Å². The maximum absolute atomic E-state index is 7.15. The molecule has 4 aromatic rings. The summed E-state index contributed by atoms with van der Waals surface area (Å²) in [4.78, 5) is 15.2. The molecule has 6 heteroatoms. The lowest BCUT2D eigenvalue weighted by molar-refractivity contribution is -0.00545. The van der Waals surface area contributed by atoms with Crippen molar-refractivity contribution in [1.29, 1.82) is 0 Å². The number of hydrogen-bond acceptors (Lipinski definition) is 4. The fraction of sp³-hybridized carbons (Fsp3) is 0.222. The molecular weight excluding hydrogens is 432 g/mol. The second kappa shape index (κ2) is 8.82. The summed E-state index contributed by atoms with van der Waals surface area (Å²) < 4.78 is 5.83. The molecule has 0 bridgehead atoms. The van der Waals surface area contributed by atoms with Crippen LogP contribution in [0.25, 0.3) is 38.0 Å². The van der Waals surface area contributed by atoms with E-state index in [9.17, 15) is 0 Å². The van der Waals surface area contributed by atoms with E-state index in [1.54, 1.807) is 0 Å². The van der Waals surface area contributed by atoms with Crippen LogP contribution in [-0.2, 0) is 4.74 Å². The monoisotopic (exact) mass is 454 g/mol. The molecule has 1 fully saturated rings. The first-order valence-electron chi connectivity index (χ1n) is 11.0. The Bertz CT molecular complexity index is 1340. The number of pyridine rings is 2. The highest BCUT2D eigenvalue weighted by Crippen LogP contribution is 2.37. The highest BCUT2D eigenvalue weighted by Gasteiger charge is 2.23. The molecule has 0 unspecified atom stereocenters. The lowest BCUT2D eigenvalue weighted by Gasteiger charge is -2.36. The first kappa shape index (κ1) is 21.4. The van der Waals surface area contributed by atoms with Gasteiger partial charge in [0.25, 0.3) is 0 Å². The Morgan fingerprint density at radius 1 is 0.909 bits per heavy atom. The molecule has 164 valence electrons. The molecule has 2 aromatic carbocycles. The van der Waals surface area contributed by atoms with Crippen molar-refractivity contribution >= 4 is 34.0 Å². The molecule has 0 spiro atoms. The standard InChI is InChI=1S/C27H23ClN4O/c1-17-15-32(16-18(2)33-17)25-12-9-20(13-30-25)24-14-31-27-22(5-4-6-23(27)26(24)28)19-7-10-21(29-3)11-8-19/h4-14,17-18H,15-16H2,1-2H3/t17-,18-/m0/s1. The lowest BCUT2D eigenvalue weighted by Crippen LogP contribution is -2.45. The van der Waals surface area contributed by atoms with Crippen LogP contribution in [0.3, 0.4) is 0 Å². The maximum Gasteiger partial charge on any atom is 0.187 e. The second-order valence-electron chi connectivity index (χ2n) is 8.41. The third-order valence-corrected chi connectivity index (χ3v) is 6.35. The summed E-state index contributed by atoms with van der Waals surface area (Å²) in [5.41, 5.74) is 5.23. The quantitative estimate of drug-likeness (QED) is 0.320. The van der Waals surface area contributed by atoms with Crippen molar-refractivity contribution < 1.29 is 4.74 Å². The van der Waals surface area contributed by atoms with E-state index in [2.05, 4.69) is 29.7 Å². The number of halogens is 1. The summed E-state index contributed by atoms with van der Waals surface area (Å²) >= 11 is 6.88. The molecule has 1 saturated heterocycles. The van der Waals surface area contributed by atoms with Gasteiger partial charge in [-0.1, -0.05) is 54.1 Å². The second-order valence-corrected chi connectivity index (χ2v) is 8.79. The molecule has 0 amide bonds. The van der Waals surface area contributed by atoms with Crippen molar-refractivity contribution in [3.8, 4) is 22.3 Å². The highest BCUT2D eigenvalue weighted by molar-refractivity contribution is 6.38. The van der Waals surface area contributed by atoms with Crippen LogP contribution in [0.4, 0.5) is 11.5 Å². The van der Waals surface area contributed by atoms with E-state index in [1.807, 2.05) is 60.9 Å². The molecule has 0 saturated carbocycles. The topological polar surface area (TPSA) is 42.6 Å². The normalized spacial score (nSPS) is 18.3. The van der Waals surface area contributed by atoms with E-state index in [0.29, 0.717) is 10.7 Å². The summed E-state index contributed by atoms with van der Waals surface area (Å²) in [5, 5.41) is 1.55. The number of hydrogen-bond donors (Lipinski definition) is 0. The van der Waals surface area contributed by atoms with Gasteiger partial charge in [-0.05, 0) is 31.5 Å². The van der Waals surface area contributed by atoms with Gasteiger partial charge in [-0.15, -0.1) is 0 Å². The van der Waals surface area contributed by atoms with Crippen LogP contribution in [-0.4, -0.2) is 35.3 Å². The minimum atomic E-state index is 0.182. The number of aromatic nitrogens is 2. The predicted octanol–water partition coefficient (Wildman–Crippen LogP) is 6.78. The van der Waals surface area contributed by atoms with Gasteiger partial charge in [0.15, 0.2) is 5.69 Å². The first-order chi connectivity index (χ1) is 16.0. The summed E-state index contributed by atoms with van der Waals surface area (Å²) in [7, 11) is 0. The summed E-state index contributed by atoms with van der Waals surface area (Å²) in [5.74, 6) is 0.941. The molecule has 3 heterocycles. The zero-order valence-electron chi connectivity index (χ0n) is 18.5. The molecule has 2 aromatic heterocycles. The van der Waals surface area contributed by atoms with E-state index < -0.39 is 0 Å². The molecule has 0 radical (unpaired) electrons. The van der Waals surface area contributed by atoms with Crippen molar-refractivity contribution in [2.75, 3.05) is 18.0 Å². The van der Waals surface area contributed by atoms with E-state index in [0.717, 1.165) is 52.1 Å². The van der Waals surface area contributed by atoms with Gasteiger partial charge < -0.3 is 9.64 Å². The SMILES string of the molecule is [C-]#[N+]c1ccc(-c2cccc3c(Cl)c(-c4ccc(N5C[C@H](C)O[C@@H](C)C5)nc4)cnc23)cc1. The number of benzene rings is 2. The molecule has 5 nitrogen and oxygen atoms in total. The molecule has 5 rings (SSSR count). The fourth-order valence-corrected chi connectivity index (χ4v) is 4.75. The zero-order chi connectivity index (χ0) is 22.9. The molecule has 1 aliphatic heterocycles. The van der Waals surface area contributed by atoms with E-state index in [1.165, 1.54) is 0 Å². The van der Waals surface area contributed by atoms with Gasteiger partial charge in [0.1, 0.15) is 5.82 Å². The molecule has 0 aliphatic carbocycles. The Balaban J connectivity index is 1.49. The summed E-state index contributed by atoms with van der Waals surface area (Å²) in [6.45, 7) is 13.0. The molecule has 0 N–H and O–H groups in total. The van der Waals surface area contributed by atoms with Crippen molar-refractivity contribution in [3.63, 3.8) is 0 Å². The number of para-hydroxylation sites is 1. The maximum atomic E-state index is 7.15. The molecule has 1 aliphatic rings. The van der Waals surface area contributed by atoms with E-state index in [4.69, 9.17) is 32.9 Å². The predicted molar refractivity (Wildman–Crippen MR) is 134 cm³/mol. The van der Waals surface area contributed by atoms with E-state index >= 15 is 0 Å². The number of morpholine rings is 1. The van der Waals surface area contributed by atoms with Crippen molar-refractivity contribution in [1.82, 2.24) is 9.97 Å². The van der Waals surface area contributed by atoms with Gasteiger partial charge in [-0.2, -0.15) is 0 Å². The highest BCUT2D eigenvalue weighted by atomic mass is 35.5. The van der Waals surface area contributed by atoms with Crippen LogP contribution in [0.5, 0.6) is 0 Å². The van der Waals surface area contributed by atoms with Crippen LogP contribution in [0.1, 0.15) is 13.8 Å². The third-order valence-electron chi connectivity index (χ3n) is 5.94. The molecule has 33 heavy (non-hydrogen) atoms. The number of nitrogens with zero attached hydrogens (tertiary/aromatic N) is 4. The Hall–Kier alpha value is -3.46. The van der Waals surface area contributed by atoms with Gasteiger partial charge >= 0.3 is 0 Å². The van der Waals surface area contributed by atoms with Crippen LogP contribution in [0, 0.1) is 6.57 Å². The van der Waals surface area contributed by atoms with Crippen molar-refractivity contribution in [3.05, 3.63) is 83.4 Å². The molecule has 2 atom stereocenters. The van der Waals surface area contributed by atoms with Crippen LogP contribution in [0.15, 0.2) is 67.0 Å². The first-order valence-corrected chi connectivity index (χ1v) is 11.3. The fourth-order valence-electron chi connectivity index (χ4n) is 4.44. The van der Waals surface area contributed by atoms with Crippen LogP contribution < -0.4 is 4.90 Å². The smallest absolute Gasteiger partial charge is 0.187 e.